The van der Waals surface area contributed by atoms with E-state index in [9.17, 15) is 19.8 Å². The molecule has 0 aromatic rings. The molecule has 1 unspecified atom stereocenters. The highest BCUT2D eigenvalue weighted by Crippen LogP contribution is 2.32. The zero-order valence-electron chi connectivity index (χ0n) is 11.3. The Morgan fingerprint density at radius 2 is 1.89 bits per heavy atom. The number of hydrogen-bond donors (Lipinski definition) is 3. The zero-order valence-corrected chi connectivity index (χ0v) is 11.3. The Labute approximate surface area is 112 Å². The van der Waals surface area contributed by atoms with E-state index in [2.05, 4.69) is 12.2 Å². The number of carbonyl (C=O) groups is 2. The lowest BCUT2D eigenvalue weighted by Crippen LogP contribution is -2.59. The van der Waals surface area contributed by atoms with E-state index in [1.807, 2.05) is 0 Å². The third-order valence-electron chi connectivity index (χ3n) is 4.33. The first-order valence-corrected chi connectivity index (χ1v) is 6.91. The van der Waals surface area contributed by atoms with Crippen molar-refractivity contribution >= 4 is 12.0 Å². The summed E-state index contributed by atoms with van der Waals surface area (Å²) in [6.07, 6.45) is 2.66. The molecule has 6 heteroatoms. The van der Waals surface area contributed by atoms with Gasteiger partial charge in [-0.1, -0.05) is 6.92 Å². The molecule has 1 heterocycles. The van der Waals surface area contributed by atoms with E-state index in [0.29, 0.717) is 31.7 Å². The molecule has 6 nitrogen and oxygen atoms in total. The van der Waals surface area contributed by atoms with Crippen molar-refractivity contribution in [3.8, 4) is 0 Å². The number of likely N-dealkylation sites (tertiary alicyclic amines) is 1. The first-order chi connectivity index (χ1) is 8.93. The molecule has 0 bridgehead atoms. The topological polar surface area (TPSA) is 89.9 Å². The maximum Gasteiger partial charge on any atom is 0.329 e. The SMILES string of the molecule is CC1CCC(NC(=O)N2CCC(O)C2)(C(=O)O)CC1. The number of aliphatic hydroxyl groups excluding tert-OH is 1. The molecule has 3 N–H and O–H groups in total. The van der Waals surface area contributed by atoms with Crippen LogP contribution in [0.5, 0.6) is 0 Å². The highest BCUT2D eigenvalue weighted by molar-refractivity contribution is 5.86. The third kappa shape index (κ3) is 3.00. The van der Waals surface area contributed by atoms with Gasteiger partial charge in [0.25, 0.3) is 0 Å². The molecule has 1 aliphatic heterocycles. The fourth-order valence-electron chi connectivity index (χ4n) is 2.86. The highest BCUT2D eigenvalue weighted by Gasteiger charge is 2.43. The van der Waals surface area contributed by atoms with Gasteiger partial charge in [0, 0.05) is 13.1 Å². The van der Waals surface area contributed by atoms with Crippen molar-refractivity contribution in [1.29, 1.82) is 0 Å². The van der Waals surface area contributed by atoms with Gasteiger partial charge in [-0.2, -0.15) is 0 Å². The Kier molecular flexibility index (Phi) is 3.99. The lowest BCUT2D eigenvalue weighted by Gasteiger charge is -2.37. The summed E-state index contributed by atoms with van der Waals surface area (Å²) < 4.78 is 0. The maximum absolute atomic E-state index is 12.1. The Hall–Kier alpha value is -1.30. The molecular weight excluding hydrogens is 248 g/mol. The van der Waals surface area contributed by atoms with Crippen LogP contribution in [0.2, 0.25) is 0 Å². The van der Waals surface area contributed by atoms with Gasteiger partial charge in [-0.25, -0.2) is 9.59 Å². The second-order valence-electron chi connectivity index (χ2n) is 5.89. The van der Waals surface area contributed by atoms with Crippen LogP contribution in [0.25, 0.3) is 0 Å². The summed E-state index contributed by atoms with van der Waals surface area (Å²) >= 11 is 0. The summed E-state index contributed by atoms with van der Waals surface area (Å²) in [6, 6.07) is -0.367. The number of aliphatic carboxylic acids is 1. The molecule has 108 valence electrons. The Morgan fingerprint density at radius 1 is 1.26 bits per heavy atom. The van der Waals surface area contributed by atoms with Gasteiger partial charge in [-0.15, -0.1) is 0 Å². The molecule has 2 aliphatic rings. The number of aliphatic hydroxyl groups is 1. The number of hydrogen-bond acceptors (Lipinski definition) is 3. The summed E-state index contributed by atoms with van der Waals surface area (Å²) in [5.74, 6) is -0.439. The van der Waals surface area contributed by atoms with Crippen molar-refractivity contribution in [2.75, 3.05) is 13.1 Å². The molecule has 0 radical (unpaired) electrons. The number of carboxylic acid groups (broad SMARTS) is 1. The third-order valence-corrected chi connectivity index (χ3v) is 4.33. The number of carbonyl (C=O) groups excluding carboxylic acids is 1. The van der Waals surface area contributed by atoms with Crippen molar-refractivity contribution in [1.82, 2.24) is 10.2 Å². The van der Waals surface area contributed by atoms with Gasteiger partial charge in [0.05, 0.1) is 6.10 Å². The van der Waals surface area contributed by atoms with Crippen molar-refractivity contribution < 1.29 is 19.8 Å². The normalized spacial score (nSPS) is 35.2. The van der Waals surface area contributed by atoms with Crippen LogP contribution in [0.1, 0.15) is 39.0 Å². The van der Waals surface area contributed by atoms with Crippen molar-refractivity contribution in [2.24, 2.45) is 5.92 Å². The molecule has 0 aromatic heterocycles. The van der Waals surface area contributed by atoms with Gasteiger partial charge in [-0.05, 0) is 38.0 Å². The predicted molar refractivity (Wildman–Crippen MR) is 68.7 cm³/mol. The largest absolute Gasteiger partial charge is 0.480 e. The lowest BCUT2D eigenvalue weighted by atomic mass is 9.77. The van der Waals surface area contributed by atoms with Crippen molar-refractivity contribution in [3.63, 3.8) is 0 Å². The van der Waals surface area contributed by atoms with Gasteiger partial charge in [0.2, 0.25) is 0 Å². The summed E-state index contributed by atoms with van der Waals surface area (Å²) in [7, 11) is 0. The second-order valence-corrected chi connectivity index (χ2v) is 5.89. The molecule has 1 aliphatic carbocycles. The van der Waals surface area contributed by atoms with E-state index in [-0.39, 0.29) is 12.6 Å². The molecule has 2 rings (SSSR count). The number of β-amino-alcohol motifs (C(OH)–C–C–N with tert-alkyl or cyclic N) is 1. The number of urea groups is 1. The van der Waals surface area contributed by atoms with E-state index in [1.54, 1.807) is 0 Å². The minimum absolute atomic E-state index is 0.290. The van der Waals surface area contributed by atoms with Crippen LogP contribution in [0, 0.1) is 5.92 Å². The van der Waals surface area contributed by atoms with Crippen LogP contribution in [0.3, 0.4) is 0 Å². The van der Waals surface area contributed by atoms with E-state index < -0.39 is 17.6 Å². The molecule has 19 heavy (non-hydrogen) atoms. The number of carboxylic acids is 1. The van der Waals surface area contributed by atoms with E-state index >= 15 is 0 Å². The van der Waals surface area contributed by atoms with Crippen LogP contribution in [0.15, 0.2) is 0 Å². The summed E-state index contributed by atoms with van der Waals surface area (Å²) in [5, 5.41) is 21.6. The quantitative estimate of drug-likeness (QED) is 0.692. The van der Waals surface area contributed by atoms with Crippen molar-refractivity contribution in [3.05, 3.63) is 0 Å². The molecular formula is C13H22N2O4. The average Bonchev–Trinajstić information content (AvgIpc) is 2.79. The molecule has 1 atom stereocenters. The molecule has 0 spiro atoms. The first-order valence-electron chi connectivity index (χ1n) is 6.91. The predicted octanol–water partition coefficient (Wildman–Crippen LogP) is 0.796. The minimum atomic E-state index is -1.13. The zero-order chi connectivity index (χ0) is 14.0. The Balaban J connectivity index is 2.01. The molecule has 1 saturated heterocycles. The second kappa shape index (κ2) is 5.36. The number of nitrogens with one attached hydrogen (secondary N) is 1. The van der Waals surface area contributed by atoms with Crippen LogP contribution >= 0.6 is 0 Å². The lowest BCUT2D eigenvalue weighted by molar-refractivity contribution is -0.146. The molecule has 2 amide bonds. The molecule has 1 saturated carbocycles. The minimum Gasteiger partial charge on any atom is -0.480 e. The average molecular weight is 270 g/mol. The van der Waals surface area contributed by atoms with Gasteiger partial charge in [0.15, 0.2) is 0 Å². The maximum atomic E-state index is 12.1. The Bertz CT molecular complexity index is 364. The fourth-order valence-corrected chi connectivity index (χ4v) is 2.86. The highest BCUT2D eigenvalue weighted by atomic mass is 16.4. The van der Waals surface area contributed by atoms with Crippen LogP contribution in [-0.4, -0.2) is 51.8 Å². The van der Waals surface area contributed by atoms with E-state index in [0.717, 1.165) is 12.8 Å². The molecule has 2 fully saturated rings. The first kappa shape index (κ1) is 14.1. The van der Waals surface area contributed by atoms with Crippen LogP contribution in [0.4, 0.5) is 4.79 Å². The summed E-state index contributed by atoms with van der Waals surface area (Å²) in [6.45, 7) is 2.88. The monoisotopic (exact) mass is 270 g/mol. The van der Waals surface area contributed by atoms with Crippen molar-refractivity contribution in [2.45, 2.75) is 50.7 Å². The summed E-state index contributed by atoms with van der Waals surface area (Å²) in [5.41, 5.74) is -1.13. The summed E-state index contributed by atoms with van der Waals surface area (Å²) in [4.78, 5) is 25.1. The fraction of sp³-hybridized carbons (Fsp3) is 0.846. The number of nitrogens with zero attached hydrogens (tertiary/aromatic N) is 1. The van der Waals surface area contributed by atoms with E-state index in [1.165, 1.54) is 4.90 Å². The van der Waals surface area contributed by atoms with Crippen LogP contribution in [-0.2, 0) is 4.79 Å². The standard InChI is InChI=1S/C13H22N2O4/c1-9-2-5-13(6-3-9,11(17)18)14-12(19)15-7-4-10(16)8-15/h9-10,16H,2-8H2,1H3,(H,14,19)(H,17,18). The van der Waals surface area contributed by atoms with Crippen LogP contribution < -0.4 is 5.32 Å². The van der Waals surface area contributed by atoms with E-state index in [4.69, 9.17) is 0 Å². The number of amides is 2. The number of rotatable bonds is 2. The van der Waals surface area contributed by atoms with Gasteiger partial charge >= 0.3 is 12.0 Å². The van der Waals surface area contributed by atoms with Gasteiger partial charge < -0.3 is 20.4 Å². The molecule has 0 aromatic carbocycles. The Morgan fingerprint density at radius 3 is 2.37 bits per heavy atom. The van der Waals surface area contributed by atoms with Gasteiger partial charge in [0.1, 0.15) is 5.54 Å². The smallest absolute Gasteiger partial charge is 0.329 e. The van der Waals surface area contributed by atoms with Gasteiger partial charge in [-0.3, -0.25) is 0 Å².